The number of hydrogen-bond acceptors (Lipinski definition) is 4. The van der Waals surface area contributed by atoms with Crippen molar-refractivity contribution in [2.24, 2.45) is 5.92 Å². The van der Waals surface area contributed by atoms with E-state index in [2.05, 4.69) is 22.0 Å². The van der Waals surface area contributed by atoms with E-state index in [1.54, 1.807) is 7.11 Å². The molecule has 1 saturated heterocycles. The molecule has 2 aliphatic rings. The van der Waals surface area contributed by atoms with Gasteiger partial charge in [-0.05, 0) is 60.6 Å². The van der Waals surface area contributed by atoms with Crippen molar-refractivity contribution >= 4 is 5.91 Å². The highest BCUT2D eigenvalue weighted by Crippen LogP contribution is 2.32. The molecule has 0 radical (unpaired) electrons. The van der Waals surface area contributed by atoms with Gasteiger partial charge in [0, 0.05) is 51.0 Å². The van der Waals surface area contributed by atoms with E-state index >= 15 is 0 Å². The summed E-state index contributed by atoms with van der Waals surface area (Å²) in [5, 5.41) is 0. The number of hydrogen-bond donors (Lipinski definition) is 0. The molecule has 148 valence electrons. The summed E-state index contributed by atoms with van der Waals surface area (Å²) in [6, 6.07) is 12.7. The predicted octanol–water partition coefficient (Wildman–Crippen LogP) is 3.15. The minimum Gasteiger partial charge on any atom is -0.497 e. The van der Waals surface area contributed by atoms with Crippen molar-refractivity contribution in [3.63, 3.8) is 0 Å². The first kappa shape index (κ1) is 18.9. The Balaban J connectivity index is 1.25. The molecule has 5 heteroatoms. The molecule has 5 nitrogen and oxygen atoms in total. The lowest BCUT2D eigenvalue weighted by Gasteiger charge is -2.45. The van der Waals surface area contributed by atoms with E-state index in [0.717, 1.165) is 44.3 Å². The topological polar surface area (TPSA) is 45.7 Å². The van der Waals surface area contributed by atoms with Crippen molar-refractivity contribution in [1.29, 1.82) is 0 Å². The lowest BCUT2D eigenvalue weighted by atomic mass is 10.0. The van der Waals surface area contributed by atoms with Crippen LogP contribution in [0, 0.1) is 5.92 Å². The second-order valence-corrected chi connectivity index (χ2v) is 8.03. The summed E-state index contributed by atoms with van der Waals surface area (Å²) in [7, 11) is 1.67. The molecule has 2 fully saturated rings. The van der Waals surface area contributed by atoms with Crippen molar-refractivity contribution in [3.05, 3.63) is 59.9 Å². The molecule has 1 aromatic carbocycles. The van der Waals surface area contributed by atoms with Crippen LogP contribution >= 0.6 is 0 Å². The Bertz CT molecular complexity index is 768. The minimum absolute atomic E-state index is 0.266. The molecule has 4 rings (SSSR count). The highest BCUT2D eigenvalue weighted by Gasteiger charge is 2.36. The number of benzene rings is 1. The fraction of sp³-hybridized carbons (Fsp3) is 0.478. The van der Waals surface area contributed by atoms with Crippen molar-refractivity contribution in [1.82, 2.24) is 14.8 Å². The molecule has 28 heavy (non-hydrogen) atoms. The number of aromatic nitrogens is 1. The van der Waals surface area contributed by atoms with Gasteiger partial charge in [0.1, 0.15) is 5.75 Å². The zero-order chi connectivity index (χ0) is 19.3. The van der Waals surface area contributed by atoms with Gasteiger partial charge in [0.15, 0.2) is 0 Å². The molecule has 0 bridgehead atoms. The number of likely N-dealkylation sites (tertiary alicyclic amines) is 1. The molecule has 1 amide bonds. The van der Waals surface area contributed by atoms with Crippen LogP contribution in [0.5, 0.6) is 5.75 Å². The average molecular weight is 380 g/mol. The smallest absolute Gasteiger partial charge is 0.223 e. The van der Waals surface area contributed by atoms with E-state index in [-0.39, 0.29) is 5.91 Å². The van der Waals surface area contributed by atoms with Crippen LogP contribution in [0.2, 0.25) is 0 Å². The van der Waals surface area contributed by atoms with Crippen LogP contribution in [0.15, 0.2) is 48.8 Å². The fourth-order valence-electron chi connectivity index (χ4n) is 3.79. The molecular formula is C23H29N3O2. The third-order valence-electron chi connectivity index (χ3n) is 5.84. The number of carbonyl (C=O) groups excluding carboxylic acids is 1. The minimum atomic E-state index is 0.266. The Hall–Kier alpha value is -2.40. The van der Waals surface area contributed by atoms with Gasteiger partial charge in [-0.3, -0.25) is 14.7 Å². The largest absolute Gasteiger partial charge is 0.497 e. The molecule has 0 spiro atoms. The number of ether oxygens (including phenoxy) is 1. The van der Waals surface area contributed by atoms with E-state index < -0.39 is 0 Å². The SMILES string of the molecule is COc1ccc(CCC(=O)N2CC(N(Cc3ccncc3)CC3CC3)C2)cc1. The summed E-state index contributed by atoms with van der Waals surface area (Å²) in [4.78, 5) is 21.3. The fourth-order valence-corrected chi connectivity index (χ4v) is 3.79. The van der Waals surface area contributed by atoms with Gasteiger partial charge in [-0.2, -0.15) is 0 Å². The number of aryl methyl sites for hydroxylation is 1. The quantitative estimate of drug-likeness (QED) is 0.671. The third-order valence-corrected chi connectivity index (χ3v) is 5.84. The number of nitrogens with zero attached hydrogens (tertiary/aromatic N) is 3. The van der Waals surface area contributed by atoms with Gasteiger partial charge in [-0.1, -0.05) is 12.1 Å². The van der Waals surface area contributed by atoms with Crippen molar-refractivity contribution in [2.75, 3.05) is 26.7 Å². The van der Waals surface area contributed by atoms with Crippen LogP contribution in [0.3, 0.4) is 0 Å². The molecule has 1 aromatic heterocycles. The summed E-state index contributed by atoms with van der Waals surface area (Å²) in [5.41, 5.74) is 2.49. The number of methoxy groups -OCH3 is 1. The first-order valence-corrected chi connectivity index (χ1v) is 10.2. The lowest BCUT2D eigenvalue weighted by Crippen LogP contribution is -2.61. The maximum absolute atomic E-state index is 12.6. The van der Waals surface area contributed by atoms with Crippen LogP contribution in [-0.4, -0.2) is 53.5 Å². The van der Waals surface area contributed by atoms with Crippen molar-refractivity contribution < 1.29 is 9.53 Å². The molecule has 0 atom stereocenters. The molecule has 0 unspecified atom stereocenters. The number of amides is 1. The normalized spacial score (nSPS) is 16.9. The Labute approximate surface area is 167 Å². The lowest BCUT2D eigenvalue weighted by molar-refractivity contribution is -0.138. The van der Waals surface area contributed by atoms with Gasteiger partial charge >= 0.3 is 0 Å². The molecular weight excluding hydrogens is 350 g/mol. The molecule has 2 heterocycles. The third kappa shape index (κ3) is 4.90. The first-order valence-electron chi connectivity index (χ1n) is 10.2. The Morgan fingerprint density at radius 1 is 1.11 bits per heavy atom. The number of carbonyl (C=O) groups is 1. The van der Waals surface area contributed by atoms with Gasteiger partial charge in [-0.25, -0.2) is 0 Å². The zero-order valence-corrected chi connectivity index (χ0v) is 16.6. The van der Waals surface area contributed by atoms with Gasteiger partial charge in [0.25, 0.3) is 0 Å². The van der Waals surface area contributed by atoms with Gasteiger partial charge < -0.3 is 9.64 Å². The van der Waals surface area contributed by atoms with Crippen molar-refractivity contribution in [2.45, 2.75) is 38.3 Å². The summed E-state index contributed by atoms with van der Waals surface area (Å²) >= 11 is 0. The molecule has 1 aliphatic carbocycles. The molecule has 1 aliphatic heterocycles. The standard InChI is InChI=1S/C23H29N3O2/c1-28-22-7-4-18(5-8-22)6-9-23(27)26-16-21(17-26)25(14-19-2-3-19)15-20-10-12-24-13-11-20/h4-5,7-8,10-13,19,21H,2-3,6,9,14-17H2,1H3. The molecule has 1 saturated carbocycles. The number of rotatable bonds is 9. The van der Waals surface area contributed by atoms with E-state index in [1.165, 1.54) is 24.0 Å². The van der Waals surface area contributed by atoms with E-state index in [0.29, 0.717) is 12.5 Å². The highest BCUT2D eigenvalue weighted by molar-refractivity contribution is 5.77. The number of pyridine rings is 1. The van der Waals surface area contributed by atoms with Gasteiger partial charge in [0.2, 0.25) is 5.91 Å². The van der Waals surface area contributed by atoms with Crippen LogP contribution in [0.25, 0.3) is 0 Å². The highest BCUT2D eigenvalue weighted by atomic mass is 16.5. The maximum Gasteiger partial charge on any atom is 0.223 e. The summed E-state index contributed by atoms with van der Waals surface area (Å²) in [6.07, 6.45) is 7.79. The second kappa shape index (κ2) is 8.74. The Morgan fingerprint density at radius 2 is 1.82 bits per heavy atom. The summed E-state index contributed by atoms with van der Waals surface area (Å²) < 4.78 is 5.18. The van der Waals surface area contributed by atoms with E-state index in [9.17, 15) is 4.79 Å². The van der Waals surface area contributed by atoms with Crippen molar-refractivity contribution in [3.8, 4) is 5.75 Å². The zero-order valence-electron chi connectivity index (χ0n) is 16.6. The van der Waals surface area contributed by atoms with Crippen LogP contribution < -0.4 is 4.74 Å². The first-order chi connectivity index (χ1) is 13.7. The predicted molar refractivity (Wildman–Crippen MR) is 109 cm³/mol. The van der Waals surface area contributed by atoms with Crippen LogP contribution in [0.4, 0.5) is 0 Å². The van der Waals surface area contributed by atoms with Gasteiger partial charge in [0.05, 0.1) is 7.11 Å². The maximum atomic E-state index is 12.6. The van der Waals surface area contributed by atoms with Crippen LogP contribution in [-0.2, 0) is 17.8 Å². The molecule has 0 N–H and O–H groups in total. The second-order valence-electron chi connectivity index (χ2n) is 8.03. The Kier molecular flexibility index (Phi) is 5.91. The molecule has 2 aromatic rings. The summed E-state index contributed by atoms with van der Waals surface area (Å²) in [5.74, 6) is 1.97. The monoisotopic (exact) mass is 379 g/mol. The average Bonchev–Trinajstić information content (AvgIpc) is 3.50. The summed E-state index contributed by atoms with van der Waals surface area (Å²) in [6.45, 7) is 3.83. The van der Waals surface area contributed by atoms with E-state index in [1.807, 2.05) is 41.6 Å². The van der Waals surface area contributed by atoms with E-state index in [4.69, 9.17) is 4.74 Å². The van der Waals surface area contributed by atoms with Gasteiger partial charge in [-0.15, -0.1) is 0 Å². The Morgan fingerprint density at radius 3 is 2.46 bits per heavy atom. The van der Waals surface area contributed by atoms with Crippen LogP contribution in [0.1, 0.15) is 30.4 Å².